The van der Waals surface area contributed by atoms with Crippen LogP contribution in [0.1, 0.15) is 17.5 Å². The van der Waals surface area contributed by atoms with E-state index in [-0.39, 0.29) is 6.42 Å². The van der Waals surface area contributed by atoms with Gasteiger partial charge in [-0.1, -0.05) is 11.6 Å². The van der Waals surface area contributed by atoms with Crippen molar-refractivity contribution in [3.8, 4) is 11.5 Å². The molecule has 4 nitrogen and oxygen atoms in total. The third-order valence-electron chi connectivity index (χ3n) is 2.68. The van der Waals surface area contributed by atoms with Crippen LogP contribution in [0.3, 0.4) is 0 Å². The first-order valence-corrected chi connectivity index (χ1v) is 5.76. The van der Waals surface area contributed by atoms with E-state index in [1.165, 1.54) is 0 Å². The number of halogens is 1. The highest BCUT2D eigenvalue weighted by molar-refractivity contribution is 6.31. The number of benzene rings is 1. The Morgan fingerprint density at radius 3 is 2.88 bits per heavy atom. The first-order valence-electron chi connectivity index (χ1n) is 5.39. The van der Waals surface area contributed by atoms with E-state index < -0.39 is 5.97 Å². The van der Waals surface area contributed by atoms with Crippen molar-refractivity contribution in [2.45, 2.75) is 19.8 Å². The Morgan fingerprint density at radius 1 is 1.47 bits per heavy atom. The van der Waals surface area contributed by atoms with Gasteiger partial charge in [-0.15, -0.1) is 0 Å². The minimum absolute atomic E-state index is 0.110. The zero-order valence-corrected chi connectivity index (χ0v) is 10.2. The lowest BCUT2D eigenvalue weighted by molar-refractivity contribution is -0.136. The highest BCUT2D eigenvalue weighted by atomic mass is 35.5. The maximum atomic E-state index is 10.8. The summed E-state index contributed by atoms with van der Waals surface area (Å²) in [7, 11) is 0. The normalized spacial score (nSPS) is 14.2. The van der Waals surface area contributed by atoms with Gasteiger partial charge in [-0.25, -0.2) is 0 Å². The molecular weight excluding hydrogens is 244 g/mol. The number of fused-ring (bicyclic) bond motifs is 1. The zero-order chi connectivity index (χ0) is 12.4. The molecule has 1 aromatic carbocycles. The van der Waals surface area contributed by atoms with Gasteiger partial charge in [0.05, 0.1) is 19.6 Å². The Balaban J connectivity index is 2.48. The summed E-state index contributed by atoms with van der Waals surface area (Å²) in [6, 6.07) is 1.63. The lowest BCUT2D eigenvalue weighted by Crippen LogP contribution is -2.05. The molecule has 0 aliphatic carbocycles. The van der Waals surface area contributed by atoms with Gasteiger partial charge < -0.3 is 14.6 Å². The van der Waals surface area contributed by atoms with Crippen LogP contribution in [0.2, 0.25) is 5.02 Å². The molecule has 1 N–H and O–H groups in total. The molecule has 0 fully saturated rings. The fourth-order valence-electron chi connectivity index (χ4n) is 1.84. The van der Waals surface area contributed by atoms with Gasteiger partial charge in [-0.3, -0.25) is 4.79 Å². The number of hydrogen-bond donors (Lipinski definition) is 1. The van der Waals surface area contributed by atoms with Crippen LogP contribution in [0, 0.1) is 6.92 Å². The smallest absolute Gasteiger partial charge is 0.307 e. The predicted molar refractivity (Wildman–Crippen MR) is 63.1 cm³/mol. The Morgan fingerprint density at radius 2 is 2.18 bits per heavy atom. The van der Waals surface area contributed by atoms with Crippen LogP contribution in [0.5, 0.6) is 11.5 Å². The van der Waals surface area contributed by atoms with Crippen LogP contribution in [-0.4, -0.2) is 24.3 Å². The number of hydrogen-bond acceptors (Lipinski definition) is 3. The highest BCUT2D eigenvalue weighted by Crippen LogP contribution is 2.39. The highest BCUT2D eigenvalue weighted by Gasteiger charge is 2.20. The van der Waals surface area contributed by atoms with E-state index >= 15 is 0 Å². The van der Waals surface area contributed by atoms with Crippen molar-refractivity contribution in [1.82, 2.24) is 0 Å². The summed E-state index contributed by atoms with van der Waals surface area (Å²) in [6.07, 6.45) is 0.696. The van der Waals surface area contributed by atoms with E-state index in [0.29, 0.717) is 35.3 Å². The van der Waals surface area contributed by atoms with Crippen molar-refractivity contribution in [1.29, 1.82) is 0 Å². The molecule has 0 aromatic heterocycles. The van der Waals surface area contributed by atoms with Crippen LogP contribution < -0.4 is 9.47 Å². The van der Waals surface area contributed by atoms with Gasteiger partial charge >= 0.3 is 5.97 Å². The molecule has 92 valence electrons. The zero-order valence-electron chi connectivity index (χ0n) is 9.46. The second kappa shape index (κ2) is 4.84. The van der Waals surface area contributed by atoms with Gasteiger partial charge in [0.15, 0.2) is 11.5 Å². The minimum atomic E-state index is -0.913. The number of aliphatic carboxylic acids is 1. The number of carbonyl (C=O) groups is 1. The molecule has 0 saturated heterocycles. The monoisotopic (exact) mass is 256 g/mol. The average Bonchev–Trinajstić information content (AvgIpc) is 2.49. The number of rotatable bonds is 2. The first-order chi connectivity index (χ1) is 8.09. The summed E-state index contributed by atoms with van der Waals surface area (Å²) >= 11 is 6.06. The van der Waals surface area contributed by atoms with Crippen LogP contribution in [0.15, 0.2) is 6.07 Å². The third-order valence-corrected chi connectivity index (χ3v) is 3.02. The second-order valence-corrected chi connectivity index (χ2v) is 4.32. The van der Waals surface area contributed by atoms with Crippen LogP contribution in [0.25, 0.3) is 0 Å². The molecule has 5 heteroatoms. The molecule has 0 saturated carbocycles. The molecule has 2 rings (SSSR count). The van der Waals surface area contributed by atoms with Gasteiger partial charge in [0.2, 0.25) is 0 Å². The molecule has 17 heavy (non-hydrogen) atoms. The van der Waals surface area contributed by atoms with E-state index in [4.69, 9.17) is 26.2 Å². The molecular formula is C12H13ClO4. The van der Waals surface area contributed by atoms with Gasteiger partial charge in [-0.05, 0) is 12.5 Å². The SMILES string of the molecule is Cc1c(CC(=O)O)c(Cl)cc2c1OCCCO2. The Hall–Kier alpha value is -1.42. The van der Waals surface area contributed by atoms with Crippen LogP contribution in [0.4, 0.5) is 0 Å². The lowest BCUT2D eigenvalue weighted by Gasteiger charge is -2.14. The maximum absolute atomic E-state index is 10.8. The van der Waals surface area contributed by atoms with Gasteiger partial charge in [0, 0.05) is 23.1 Å². The molecule has 1 heterocycles. The Kier molecular flexibility index (Phi) is 3.43. The van der Waals surface area contributed by atoms with Crippen LogP contribution in [-0.2, 0) is 11.2 Å². The summed E-state index contributed by atoms with van der Waals surface area (Å²) in [5, 5.41) is 9.26. The third kappa shape index (κ3) is 2.47. The average molecular weight is 257 g/mol. The minimum Gasteiger partial charge on any atom is -0.489 e. The first kappa shape index (κ1) is 12.0. The fraction of sp³-hybridized carbons (Fsp3) is 0.417. The fourth-order valence-corrected chi connectivity index (χ4v) is 2.15. The predicted octanol–water partition coefficient (Wildman–Crippen LogP) is 2.44. The van der Waals surface area contributed by atoms with E-state index in [0.717, 1.165) is 12.0 Å². The summed E-state index contributed by atoms with van der Waals surface area (Å²) in [6.45, 7) is 2.96. The Bertz CT molecular complexity index is 456. The summed E-state index contributed by atoms with van der Waals surface area (Å²) in [4.78, 5) is 10.8. The van der Waals surface area contributed by atoms with Crippen molar-refractivity contribution >= 4 is 17.6 Å². The second-order valence-electron chi connectivity index (χ2n) is 3.91. The quantitative estimate of drug-likeness (QED) is 0.883. The Labute approximate surface area is 104 Å². The number of carboxylic acid groups (broad SMARTS) is 1. The van der Waals surface area contributed by atoms with Crippen molar-refractivity contribution in [2.24, 2.45) is 0 Å². The summed E-state index contributed by atoms with van der Waals surface area (Å²) in [5.74, 6) is 0.298. The van der Waals surface area contributed by atoms with Crippen LogP contribution >= 0.6 is 11.6 Å². The number of ether oxygens (including phenoxy) is 2. The van der Waals surface area contributed by atoms with Gasteiger partial charge in [0.1, 0.15) is 0 Å². The van der Waals surface area contributed by atoms with E-state index in [1.54, 1.807) is 13.0 Å². The van der Waals surface area contributed by atoms with Crippen molar-refractivity contribution in [3.63, 3.8) is 0 Å². The molecule has 0 unspecified atom stereocenters. The van der Waals surface area contributed by atoms with Crippen molar-refractivity contribution < 1.29 is 19.4 Å². The topological polar surface area (TPSA) is 55.8 Å². The summed E-state index contributed by atoms with van der Waals surface area (Å²) in [5.41, 5.74) is 1.33. The maximum Gasteiger partial charge on any atom is 0.307 e. The van der Waals surface area contributed by atoms with E-state index in [1.807, 2.05) is 0 Å². The van der Waals surface area contributed by atoms with E-state index in [2.05, 4.69) is 0 Å². The molecule has 1 aliphatic heterocycles. The van der Waals surface area contributed by atoms with Gasteiger partial charge in [0.25, 0.3) is 0 Å². The molecule has 0 radical (unpaired) electrons. The number of carboxylic acids is 1. The molecule has 0 spiro atoms. The van der Waals surface area contributed by atoms with Crippen molar-refractivity contribution in [2.75, 3.05) is 13.2 Å². The van der Waals surface area contributed by atoms with E-state index in [9.17, 15) is 4.79 Å². The molecule has 0 amide bonds. The molecule has 0 atom stereocenters. The summed E-state index contributed by atoms with van der Waals surface area (Å²) < 4.78 is 11.1. The molecule has 1 aromatic rings. The molecule has 1 aliphatic rings. The standard InChI is InChI=1S/C12H13ClO4/c1-7-8(5-11(14)15)9(13)6-10-12(7)17-4-2-3-16-10/h6H,2-5H2,1H3,(H,14,15). The van der Waals surface area contributed by atoms with Crippen molar-refractivity contribution in [3.05, 3.63) is 22.2 Å². The molecule has 0 bridgehead atoms. The van der Waals surface area contributed by atoms with Gasteiger partial charge in [-0.2, -0.15) is 0 Å². The largest absolute Gasteiger partial charge is 0.489 e. The lowest BCUT2D eigenvalue weighted by atomic mass is 10.0.